The van der Waals surface area contributed by atoms with Gasteiger partial charge in [0.05, 0.1) is 12.7 Å². The average Bonchev–Trinajstić information content (AvgIpc) is 1.85. The fourth-order valence-corrected chi connectivity index (χ4v) is 1.18. The molecule has 10 heavy (non-hydrogen) atoms. The first-order valence-corrected chi connectivity index (χ1v) is 4.39. The summed E-state index contributed by atoms with van der Waals surface area (Å²) in [6, 6.07) is 0. The molecular weight excluding hydrogens is 148 g/mol. The molecule has 1 unspecified atom stereocenters. The molecule has 0 amide bonds. The van der Waals surface area contributed by atoms with Crippen molar-refractivity contribution in [3.05, 3.63) is 0 Å². The number of hydrogen-bond donors (Lipinski definition) is 2. The van der Waals surface area contributed by atoms with Crippen LogP contribution in [0.2, 0.25) is 0 Å². The largest absolute Gasteiger partial charge is 0.395 e. The number of aliphatic hydroxyl groups excluding tert-OH is 2. The van der Waals surface area contributed by atoms with E-state index in [9.17, 15) is 0 Å². The van der Waals surface area contributed by atoms with Crippen molar-refractivity contribution in [3.63, 3.8) is 0 Å². The molecule has 0 heterocycles. The van der Waals surface area contributed by atoms with Crippen molar-refractivity contribution in [1.82, 2.24) is 0 Å². The van der Waals surface area contributed by atoms with Crippen LogP contribution >= 0.6 is 11.8 Å². The Morgan fingerprint density at radius 1 is 1.50 bits per heavy atom. The van der Waals surface area contributed by atoms with Crippen molar-refractivity contribution in [2.45, 2.75) is 31.6 Å². The van der Waals surface area contributed by atoms with Gasteiger partial charge in [-0.2, -0.15) is 11.8 Å². The summed E-state index contributed by atoms with van der Waals surface area (Å²) >= 11 is 1.59. The lowest BCUT2D eigenvalue weighted by Crippen LogP contribution is -2.22. The normalized spacial score (nSPS) is 15.3. The van der Waals surface area contributed by atoms with E-state index in [0.717, 1.165) is 0 Å². The monoisotopic (exact) mass is 164 g/mol. The Bertz CT molecular complexity index is 91.6. The van der Waals surface area contributed by atoms with Crippen molar-refractivity contribution < 1.29 is 10.2 Å². The van der Waals surface area contributed by atoms with E-state index in [1.807, 2.05) is 13.8 Å². The number of aliphatic hydroxyl groups is 2. The van der Waals surface area contributed by atoms with Gasteiger partial charge in [-0.15, -0.1) is 0 Å². The lowest BCUT2D eigenvalue weighted by molar-refractivity contribution is 0.219. The SMILES string of the molecule is CC(O)CSC(C)(C)CO. The third-order valence-electron chi connectivity index (χ3n) is 1.10. The van der Waals surface area contributed by atoms with Crippen molar-refractivity contribution in [3.8, 4) is 0 Å². The van der Waals surface area contributed by atoms with Gasteiger partial charge in [-0.1, -0.05) is 0 Å². The van der Waals surface area contributed by atoms with Crippen LogP contribution in [0.1, 0.15) is 20.8 Å². The summed E-state index contributed by atoms with van der Waals surface area (Å²) < 4.78 is -0.114. The molecule has 0 bridgehead atoms. The molecule has 0 fully saturated rings. The predicted octanol–water partition coefficient (Wildman–Crippen LogP) is 0.871. The van der Waals surface area contributed by atoms with E-state index >= 15 is 0 Å². The summed E-state index contributed by atoms with van der Waals surface area (Å²) in [5, 5.41) is 17.7. The summed E-state index contributed by atoms with van der Waals surface area (Å²) in [7, 11) is 0. The van der Waals surface area contributed by atoms with Crippen LogP contribution in [-0.4, -0.2) is 33.4 Å². The fourth-order valence-electron chi connectivity index (χ4n) is 0.392. The Kier molecular flexibility index (Phi) is 4.32. The molecule has 0 aromatic heterocycles. The van der Waals surface area contributed by atoms with Crippen LogP contribution in [-0.2, 0) is 0 Å². The molecule has 0 aromatic rings. The van der Waals surface area contributed by atoms with E-state index in [1.165, 1.54) is 0 Å². The highest BCUT2D eigenvalue weighted by atomic mass is 32.2. The Morgan fingerprint density at radius 2 is 2.00 bits per heavy atom. The highest BCUT2D eigenvalue weighted by molar-refractivity contribution is 8.00. The van der Waals surface area contributed by atoms with Gasteiger partial charge in [-0.3, -0.25) is 0 Å². The molecule has 1 atom stereocenters. The van der Waals surface area contributed by atoms with Crippen LogP contribution in [0, 0.1) is 0 Å². The van der Waals surface area contributed by atoms with E-state index in [1.54, 1.807) is 18.7 Å². The van der Waals surface area contributed by atoms with Crippen LogP contribution in [0.4, 0.5) is 0 Å². The first kappa shape index (κ1) is 10.3. The van der Waals surface area contributed by atoms with E-state index in [2.05, 4.69) is 0 Å². The van der Waals surface area contributed by atoms with Crippen molar-refractivity contribution in [1.29, 1.82) is 0 Å². The Hall–Kier alpha value is 0.270. The molecule has 2 N–H and O–H groups in total. The quantitative estimate of drug-likeness (QED) is 0.648. The van der Waals surface area contributed by atoms with Crippen LogP contribution in [0.5, 0.6) is 0 Å². The van der Waals surface area contributed by atoms with Crippen LogP contribution in [0.25, 0.3) is 0 Å². The Morgan fingerprint density at radius 3 is 2.30 bits per heavy atom. The van der Waals surface area contributed by atoms with Crippen LogP contribution in [0.15, 0.2) is 0 Å². The number of thioether (sulfide) groups is 1. The Balaban J connectivity index is 3.46. The summed E-state index contributed by atoms with van der Waals surface area (Å²) in [6.45, 7) is 5.82. The molecule has 2 nitrogen and oxygen atoms in total. The molecule has 0 aliphatic rings. The van der Waals surface area contributed by atoms with E-state index in [4.69, 9.17) is 10.2 Å². The zero-order chi connectivity index (χ0) is 8.20. The maximum atomic E-state index is 8.91. The van der Waals surface area contributed by atoms with E-state index < -0.39 is 0 Å². The predicted molar refractivity (Wildman–Crippen MR) is 45.3 cm³/mol. The summed E-state index contributed by atoms with van der Waals surface area (Å²) in [5.41, 5.74) is 0. The molecule has 0 radical (unpaired) electrons. The molecule has 0 rings (SSSR count). The van der Waals surface area contributed by atoms with Gasteiger partial charge in [-0.25, -0.2) is 0 Å². The zero-order valence-corrected chi connectivity index (χ0v) is 7.61. The Labute approximate surface area is 66.6 Å². The van der Waals surface area contributed by atoms with Crippen LogP contribution < -0.4 is 0 Å². The second-order valence-electron chi connectivity index (χ2n) is 3.08. The highest BCUT2D eigenvalue weighted by Crippen LogP contribution is 2.23. The maximum Gasteiger partial charge on any atom is 0.0602 e. The van der Waals surface area contributed by atoms with Crippen molar-refractivity contribution >= 4 is 11.8 Å². The summed E-state index contributed by atoms with van der Waals surface area (Å²) in [5.74, 6) is 0.688. The van der Waals surface area contributed by atoms with Gasteiger partial charge >= 0.3 is 0 Å². The molecule has 0 aliphatic carbocycles. The summed E-state index contributed by atoms with van der Waals surface area (Å²) in [6.07, 6.45) is -0.282. The second kappa shape index (κ2) is 4.21. The van der Waals surface area contributed by atoms with E-state index in [-0.39, 0.29) is 17.5 Å². The molecular formula is C7H16O2S. The van der Waals surface area contributed by atoms with Gasteiger partial charge in [0.25, 0.3) is 0 Å². The molecule has 0 saturated carbocycles. The van der Waals surface area contributed by atoms with Gasteiger partial charge in [0.2, 0.25) is 0 Å². The minimum absolute atomic E-state index is 0.114. The fraction of sp³-hybridized carbons (Fsp3) is 1.00. The smallest absolute Gasteiger partial charge is 0.0602 e. The molecule has 0 aromatic carbocycles. The lowest BCUT2D eigenvalue weighted by atomic mass is 10.2. The van der Waals surface area contributed by atoms with Gasteiger partial charge in [-0.05, 0) is 20.8 Å². The van der Waals surface area contributed by atoms with Crippen molar-refractivity contribution in [2.24, 2.45) is 0 Å². The third-order valence-corrected chi connectivity index (χ3v) is 2.66. The summed E-state index contributed by atoms with van der Waals surface area (Å²) in [4.78, 5) is 0. The highest BCUT2D eigenvalue weighted by Gasteiger charge is 2.17. The second-order valence-corrected chi connectivity index (χ2v) is 4.81. The molecule has 0 aliphatic heterocycles. The maximum absolute atomic E-state index is 8.91. The molecule has 3 heteroatoms. The first-order valence-electron chi connectivity index (χ1n) is 3.41. The minimum Gasteiger partial charge on any atom is -0.395 e. The van der Waals surface area contributed by atoms with Crippen molar-refractivity contribution in [2.75, 3.05) is 12.4 Å². The topological polar surface area (TPSA) is 40.5 Å². The van der Waals surface area contributed by atoms with Gasteiger partial charge in [0.15, 0.2) is 0 Å². The van der Waals surface area contributed by atoms with Gasteiger partial charge in [0.1, 0.15) is 0 Å². The number of rotatable bonds is 4. The first-order chi connectivity index (χ1) is 4.48. The molecule has 0 spiro atoms. The lowest BCUT2D eigenvalue weighted by Gasteiger charge is -2.21. The van der Waals surface area contributed by atoms with Gasteiger partial charge in [0, 0.05) is 10.5 Å². The van der Waals surface area contributed by atoms with Crippen LogP contribution in [0.3, 0.4) is 0 Å². The molecule has 0 saturated heterocycles. The number of hydrogen-bond acceptors (Lipinski definition) is 3. The minimum atomic E-state index is -0.282. The van der Waals surface area contributed by atoms with E-state index in [0.29, 0.717) is 5.75 Å². The average molecular weight is 164 g/mol. The zero-order valence-electron chi connectivity index (χ0n) is 6.79. The third kappa shape index (κ3) is 5.09. The standard InChI is InChI=1S/C7H16O2S/c1-6(9)4-10-7(2,3)5-8/h6,8-9H,4-5H2,1-3H3. The van der Waals surface area contributed by atoms with Gasteiger partial charge < -0.3 is 10.2 Å². The molecule has 62 valence electrons.